The number of aliphatic hydroxyl groups excluding tert-OH is 1. The third-order valence-corrected chi connectivity index (χ3v) is 4.61. The van der Waals surface area contributed by atoms with E-state index in [9.17, 15) is 14.0 Å². The zero-order valence-corrected chi connectivity index (χ0v) is 14.5. The van der Waals surface area contributed by atoms with Gasteiger partial charge in [0.1, 0.15) is 10.8 Å². The number of hydrogen-bond acceptors (Lipinski definition) is 6. The minimum Gasteiger partial charge on any atom is -0.391 e. The number of halogens is 2. The molecule has 5 N–H and O–H groups in total. The van der Waals surface area contributed by atoms with Gasteiger partial charge < -0.3 is 21.5 Å². The predicted octanol–water partition coefficient (Wildman–Crippen LogP) is 0.860. The normalized spacial score (nSPS) is 11.8. The Hall–Kier alpha value is -2.07. The van der Waals surface area contributed by atoms with E-state index in [1.165, 1.54) is 35.7 Å². The molecule has 1 aromatic carbocycles. The molecule has 0 spiro atoms. The first-order chi connectivity index (χ1) is 11.9. The molecule has 1 heterocycles. The third-order valence-electron chi connectivity index (χ3n) is 3.21. The first-order valence-corrected chi connectivity index (χ1v) is 8.42. The van der Waals surface area contributed by atoms with Crippen molar-refractivity contribution in [1.29, 1.82) is 0 Å². The molecule has 0 aliphatic carbocycles. The van der Waals surface area contributed by atoms with Crippen LogP contribution in [0.3, 0.4) is 0 Å². The van der Waals surface area contributed by atoms with Gasteiger partial charge in [0, 0.05) is 19.3 Å². The Kier molecular flexibility index (Phi) is 6.82. The second-order valence-corrected chi connectivity index (χ2v) is 6.57. The molecule has 0 saturated carbocycles. The molecule has 7 nitrogen and oxygen atoms in total. The number of aromatic nitrogens is 1. The molecule has 1 aromatic heterocycles. The number of amides is 2. The maximum atomic E-state index is 13.3. The quantitative estimate of drug-likeness (QED) is 0.549. The summed E-state index contributed by atoms with van der Waals surface area (Å²) in [5.74, 6) is -2.37. The monoisotopic (exact) mass is 386 g/mol. The van der Waals surface area contributed by atoms with Gasteiger partial charge in [-0.15, -0.1) is 11.3 Å². The van der Waals surface area contributed by atoms with Crippen molar-refractivity contribution in [3.05, 3.63) is 50.7 Å². The Morgan fingerprint density at radius 3 is 2.76 bits per heavy atom. The maximum Gasteiger partial charge on any atom is 0.309 e. The zero-order chi connectivity index (χ0) is 18.4. The van der Waals surface area contributed by atoms with Crippen LogP contribution in [0.1, 0.15) is 21.5 Å². The predicted molar refractivity (Wildman–Crippen MR) is 91.2 cm³/mol. The van der Waals surface area contributed by atoms with E-state index in [2.05, 4.69) is 15.6 Å². The molecule has 1 atom stereocenters. The highest BCUT2D eigenvalue weighted by molar-refractivity contribution is 7.11. The Morgan fingerprint density at radius 2 is 2.16 bits per heavy atom. The van der Waals surface area contributed by atoms with Gasteiger partial charge >= 0.3 is 11.8 Å². The van der Waals surface area contributed by atoms with Gasteiger partial charge in [-0.2, -0.15) is 0 Å². The lowest BCUT2D eigenvalue weighted by Crippen LogP contribution is -2.43. The lowest BCUT2D eigenvalue weighted by Gasteiger charge is -2.14. The molecule has 0 radical (unpaired) electrons. The first kappa shape index (κ1) is 19.3. The molecule has 2 amide bonds. The maximum absolute atomic E-state index is 13.3. The Balaban J connectivity index is 1.92. The van der Waals surface area contributed by atoms with Gasteiger partial charge in [0.2, 0.25) is 0 Å². The number of rotatable bonds is 6. The summed E-state index contributed by atoms with van der Waals surface area (Å²) in [6, 6.07) is 3.44. The highest BCUT2D eigenvalue weighted by atomic mass is 35.5. The van der Waals surface area contributed by atoms with Crippen molar-refractivity contribution in [2.75, 3.05) is 6.54 Å². The molecule has 10 heteroatoms. The minimum atomic E-state index is -0.884. The SMILES string of the molecule is NC[C@@H](NC(=O)C(=O)NCc1ccc(Cl)c(F)c1)c1ncc(CO)s1. The molecule has 0 aliphatic heterocycles. The zero-order valence-electron chi connectivity index (χ0n) is 13.0. The Labute approximate surface area is 152 Å². The molecule has 0 bridgehead atoms. The number of thiazole rings is 1. The Morgan fingerprint density at radius 1 is 1.40 bits per heavy atom. The van der Waals surface area contributed by atoms with E-state index < -0.39 is 23.7 Å². The molecular formula is C15H16ClFN4O3S. The van der Waals surface area contributed by atoms with Crippen LogP contribution in [0.2, 0.25) is 5.02 Å². The molecule has 0 saturated heterocycles. The molecule has 0 aliphatic rings. The van der Waals surface area contributed by atoms with Crippen LogP contribution < -0.4 is 16.4 Å². The van der Waals surface area contributed by atoms with Crippen LogP contribution in [0.5, 0.6) is 0 Å². The smallest absolute Gasteiger partial charge is 0.309 e. The summed E-state index contributed by atoms with van der Waals surface area (Å²) in [7, 11) is 0. The standard InChI is InChI=1S/C15H16ClFN4O3S/c16-10-2-1-8(3-11(10)17)5-19-13(23)14(24)21-12(4-18)15-20-6-9(7-22)25-15/h1-3,6,12,22H,4-5,7,18H2,(H,19,23)(H,21,24)/t12-/m1/s1. The van der Waals surface area contributed by atoms with Crippen LogP contribution in [0, 0.1) is 5.82 Å². The summed E-state index contributed by atoms with van der Waals surface area (Å²) in [4.78, 5) is 28.5. The van der Waals surface area contributed by atoms with Crippen LogP contribution in [0.25, 0.3) is 0 Å². The van der Waals surface area contributed by atoms with Gasteiger partial charge in [-0.25, -0.2) is 9.37 Å². The number of hydrogen-bond donors (Lipinski definition) is 4. The molecule has 25 heavy (non-hydrogen) atoms. The number of nitrogens with one attached hydrogen (secondary N) is 2. The average Bonchev–Trinajstić information content (AvgIpc) is 3.09. The van der Waals surface area contributed by atoms with Gasteiger partial charge in [-0.05, 0) is 17.7 Å². The van der Waals surface area contributed by atoms with Gasteiger partial charge in [0.25, 0.3) is 0 Å². The van der Waals surface area contributed by atoms with Crippen LogP contribution in [0.15, 0.2) is 24.4 Å². The molecule has 0 fully saturated rings. The van der Waals surface area contributed by atoms with Crippen LogP contribution in [-0.4, -0.2) is 28.4 Å². The first-order valence-electron chi connectivity index (χ1n) is 7.22. The van der Waals surface area contributed by atoms with Crippen molar-refractivity contribution in [2.45, 2.75) is 19.2 Å². The number of carbonyl (C=O) groups excluding carboxylic acids is 2. The lowest BCUT2D eigenvalue weighted by molar-refractivity contribution is -0.139. The van der Waals surface area contributed by atoms with Gasteiger partial charge in [0.15, 0.2) is 0 Å². The van der Waals surface area contributed by atoms with Gasteiger partial charge in [0.05, 0.1) is 22.5 Å². The molecule has 2 aromatic rings. The summed E-state index contributed by atoms with van der Waals surface area (Å²) in [5, 5.41) is 14.4. The average molecular weight is 387 g/mol. The van der Waals surface area contributed by atoms with E-state index in [4.69, 9.17) is 22.4 Å². The van der Waals surface area contributed by atoms with E-state index in [1.807, 2.05) is 0 Å². The fourth-order valence-corrected chi connectivity index (χ4v) is 2.87. The number of carbonyl (C=O) groups is 2. The fourth-order valence-electron chi connectivity index (χ4n) is 1.91. The number of benzene rings is 1. The van der Waals surface area contributed by atoms with Crippen LogP contribution >= 0.6 is 22.9 Å². The van der Waals surface area contributed by atoms with Crippen molar-refractivity contribution in [1.82, 2.24) is 15.6 Å². The van der Waals surface area contributed by atoms with Crippen molar-refractivity contribution in [3.8, 4) is 0 Å². The third kappa shape index (κ3) is 5.20. The van der Waals surface area contributed by atoms with E-state index in [1.54, 1.807) is 0 Å². The Bertz CT molecular complexity index is 771. The largest absolute Gasteiger partial charge is 0.391 e. The van der Waals surface area contributed by atoms with E-state index >= 15 is 0 Å². The number of aliphatic hydroxyl groups is 1. The highest BCUT2D eigenvalue weighted by Crippen LogP contribution is 2.19. The van der Waals surface area contributed by atoms with Crippen LogP contribution in [0.4, 0.5) is 4.39 Å². The second kappa shape index (κ2) is 8.86. The van der Waals surface area contributed by atoms with Crippen molar-refractivity contribution >= 4 is 34.8 Å². The van der Waals surface area contributed by atoms with Crippen molar-refractivity contribution in [3.63, 3.8) is 0 Å². The van der Waals surface area contributed by atoms with Gasteiger partial charge in [-0.1, -0.05) is 17.7 Å². The van der Waals surface area contributed by atoms with Crippen molar-refractivity contribution < 1.29 is 19.1 Å². The highest BCUT2D eigenvalue weighted by Gasteiger charge is 2.21. The van der Waals surface area contributed by atoms with E-state index in [0.29, 0.717) is 15.4 Å². The number of nitrogens with zero attached hydrogens (tertiary/aromatic N) is 1. The molecule has 0 unspecified atom stereocenters. The number of nitrogens with two attached hydrogens (primary N) is 1. The summed E-state index contributed by atoms with van der Waals surface area (Å²) in [6.45, 7) is -0.152. The summed E-state index contributed by atoms with van der Waals surface area (Å²) in [5.41, 5.74) is 6.07. The van der Waals surface area contributed by atoms with Crippen LogP contribution in [-0.2, 0) is 22.7 Å². The second-order valence-electron chi connectivity index (χ2n) is 5.02. The summed E-state index contributed by atoms with van der Waals surface area (Å²) < 4.78 is 13.3. The van der Waals surface area contributed by atoms with E-state index in [-0.39, 0.29) is 24.7 Å². The fraction of sp³-hybridized carbons (Fsp3) is 0.267. The molecular weight excluding hydrogens is 371 g/mol. The summed E-state index contributed by atoms with van der Waals surface area (Å²) >= 11 is 6.77. The van der Waals surface area contributed by atoms with Crippen molar-refractivity contribution in [2.24, 2.45) is 5.73 Å². The minimum absolute atomic E-state index is 0.0238. The lowest BCUT2D eigenvalue weighted by atomic mass is 10.2. The van der Waals surface area contributed by atoms with E-state index in [0.717, 1.165) is 0 Å². The molecule has 134 valence electrons. The topological polar surface area (TPSA) is 117 Å². The molecule has 2 rings (SSSR count). The summed E-state index contributed by atoms with van der Waals surface area (Å²) in [6.07, 6.45) is 1.48. The van der Waals surface area contributed by atoms with Gasteiger partial charge in [-0.3, -0.25) is 9.59 Å².